The first kappa shape index (κ1) is 16.0. The van der Waals surface area contributed by atoms with Gasteiger partial charge in [0.05, 0.1) is 6.04 Å². The molecule has 1 aromatic rings. The first-order chi connectivity index (χ1) is 9.74. The van der Waals surface area contributed by atoms with Crippen LogP contribution in [-0.4, -0.2) is 18.5 Å². The fourth-order valence-electron chi connectivity index (χ4n) is 2.73. The van der Waals surface area contributed by atoms with Gasteiger partial charge in [0.2, 0.25) is 5.91 Å². The van der Waals surface area contributed by atoms with E-state index in [2.05, 4.69) is 5.32 Å². The van der Waals surface area contributed by atoms with Crippen LogP contribution >= 0.6 is 0 Å². The van der Waals surface area contributed by atoms with Crippen molar-refractivity contribution in [1.29, 1.82) is 0 Å². The van der Waals surface area contributed by atoms with Gasteiger partial charge in [0.15, 0.2) is 0 Å². The molecule has 1 fully saturated rings. The standard InChI is InChI=1S/C17H25FN2O/c1-16(2,3)14(19)15(21)20-11-17(9-4-10-17)12-5-7-13(18)8-6-12/h5-8,14H,4,9-11,19H2,1-3H3,(H,20,21)/t14-/m1/s1. The van der Waals surface area contributed by atoms with Crippen molar-refractivity contribution in [2.45, 2.75) is 51.5 Å². The molecule has 1 saturated carbocycles. The Hall–Kier alpha value is -1.42. The Kier molecular flexibility index (Phi) is 4.38. The average molecular weight is 292 g/mol. The van der Waals surface area contributed by atoms with Gasteiger partial charge in [-0.1, -0.05) is 39.3 Å². The minimum atomic E-state index is -0.525. The van der Waals surface area contributed by atoms with Crippen molar-refractivity contribution in [2.24, 2.45) is 11.1 Å². The fourth-order valence-corrected chi connectivity index (χ4v) is 2.73. The highest BCUT2D eigenvalue weighted by Crippen LogP contribution is 2.43. The molecule has 1 atom stereocenters. The van der Waals surface area contributed by atoms with E-state index in [4.69, 9.17) is 5.73 Å². The molecule has 3 nitrogen and oxygen atoms in total. The summed E-state index contributed by atoms with van der Waals surface area (Å²) in [7, 11) is 0. The summed E-state index contributed by atoms with van der Waals surface area (Å²) >= 11 is 0. The minimum Gasteiger partial charge on any atom is -0.354 e. The summed E-state index contributed by atoms with van der Waals surface area (Å²) in [5.74, 6) is -0.345. The van der Waals surface area contributed by atoms with Crippen molar-refractivity contribution in [3.8, 4) is 0 Å². The highest BCUT2D eigenvalue weighted by molar-refractivity contribution is 5.82. The minimum absolute atomic E-state index is 0.0546. The zero-order valence-electron chi connectivity index (χ0n) is 13.1. The second-order valence-electron chi connectivity index (χ2n) is 7.20. The summed E-state index contributed by atoms with van der Waals surface area (Å²) in [6.45, 7) is 6.43. The van der Waals surface area contributed by atoms with Crippen molar-refractivity contribution in [3.63, 3.8) is 0 Å². The van der Waals surface area contributed by atoms with Crippen molar-refractivity contribution >= 4 is 5.91 Å². The Morgan fingerprint density at radius 2 is 1.90 bits per heavy atom. The molecule has 1 amide bonds. The molecule has 116 valence electrons. The third kappa shape index (κ3) is 3.43. The molecule has 3 N–H and O–H groups in total. The maximum absolute atomic E-state index is 13.1. The van der Waals surface area contributed by atoms with E-state index in [1.165, 1.54) is 12.1 Å². The van der Waals surface area contributed by atoms with Crippen LogP contribution in [0.4, 0.5) is 4.39 Å². The van der Waals surface area contributed by atoms with E-state index in [0.29, 0.717) is 6.54 Å². The normalized spacial score (nSPS) is 18.7. The van der Waals surface area contributed by atoms with Gasteiger partial charge < -0.3 is 11.1 Å². The van der Waals surface area contributed by atoms with E-state index in [1.807, 2.05) is 32.9 Å². The van der Waals surface area contributed by atoms with Crippen LogP contribution in [0.2, 0.25) is 0 Å². The van der Waals surface area contributed by atoms with Crippen LogP contribution in [-0.2, 0) is 10.2 Å². The summed E-state index contributed by atoms with van der Waals surface area (Å²) in [4.78, 5) is 12.2. The first-order valence-corrected chi connectivity index (χ1v) is 7.54. The number of halogens is 1. The van der Waals surface area contributed by atoms with Crippen LogP contribution < -0.4 is 11.1 Å². The maximum atomic E-state index is 13.1. The summed E-state index contributed by atoms with van der Waals surface area (Å²) in [6, 6.07) is 6.09. The van der Waals surface area contributed by atoms with Gasteiger partial charge in [-0.3, -0.25) is 4.79 Å². The predicted octanol–water partition coefficient (Wildman–Crippen LogP) is 2.74. The van der Waals surface area contributed by atoms with E-state index < -0.39 is 6.04 Å². The Bertz CT molecular complexity index is 501. The lowest BCUT2D eigenvalue weighted by molar-refractivity contribution is -0.125. The van der Waals surface area contributed by atoms with Crippen LogP contribution in [0.3, 0.4) is 0 Å². The van der Waals surface area contributed by atoms with E-state index in [0.717, 1.165) is 24.8 Å². The molecule has 1 aliphatic carbocycles. The molecule has 2 rings (SSSR count). The Morgan fingerprint density at radius 3 is 2.33 bits per heavy atom. The van der Waals surface area contributed by atoms with E-state index in [1.54, 1.807) is 0 Å². The number of benzene rings is 1. The molecule has 1 aromatic carbocycles. The van der Waals surface area contributed by atoms with Crippen molar-refractivity contribution in [2.75, 3.05) is 6.54 Å². The first-order valence-electron chi connectivity index (χ1n) is 7.54. The Labute approximate surface area is 126 Å². The van der Waals surface area contributed by atoms with Crippen LogP contribution in [0.5, 0.6) is 0 Å². The zero-order chi connectivity index (χ0) is 15.7. The zero-order valence-corrected chi connectivity index (χ0v) is 13.1. The van der Waals surface area contributed by atoms with Gasteiger partial charge >= 0.3 is 0 Å². The third-order valence-electron chi connectivity index (χ3n) is 4.58. The number of carbonyl (C=O) groups excluding carboxylic acids is 1. The molecule has 0 spiro atoms. The van der Waals surface area contributed by atoms with E-state index >= 15 is 0 Å². The van der Waals surface area contributed by atoms with Gasteiger partial charge in [-0.05, 0) is 36.0 Å². The molecule has 0 radical (unpaired) electrons. The van der Waals surface area contributed by atoms with E-state index in [9.17, 15) is 9.18 Å². The van der Waals surface area contributed by atoms with Gasteiger partial charge in [-0.15, -0.1) is 0 Å². The summed E-state index contributed by atoms with van der Waals surface area (Å²) in [5.41, 5.74) is 6.77. The molecule has 0 saturated heterocycles. The average Bonchev–Trinajstić information content (AvgIpc) is 2.37. The molecule has 4 heteroatoms. The fraction of sp³-hybridized carbons (Fsp3) is 0.588. The monoisotopic (exact) mass is 292 g/mol. The lowest BCUT2D eigenvalue weighted by atomic mass is 9.64. The lowest BCUT2D eigenvalue weighted by Gasteiger charge is -2.43. The number of carbonyl (C=O) groups is 1. The molecule has 0 aliphatic heterocycles. The number of rotatable bonds is 4. The highest BCUT2D eigenvalue weighted by atomic mass is 19.1. The number of hydrogen-bond acceptors (Lipinski definition) is 2. The van der Waals surface area contributed by atoms with Crippen molar-refractivity contribution in [3.05, 3.63) is 35.6 Å². The van der Waals surface area contributed by atoms with Crippen molar-refractivity contribution < 1.29 is 9.18 Å². The van der Waals surface area contributed by atoms with Gasteiger partial charge in [0, 0.05) is 12.0 Å². The van der Waals surface area contributed by atoms with Gasteiger partial charge in [-0.25, -0.2) is 4.39 Å². The molecule has 0 heterocycles. The Morgan fingerprint density at radius 1 is 1.33 bits per heavy atom. The largest absolute Gasteiger partial charge is 0.354 e. The molecular weight excluding hydrogens is 267 g/mol. The molecule has 1 aliphatic rings. The van der Waals surface area contributed by atoms with Gasteiger partial charge in [0.25, 0.3) is 0 Å². The molecule has 21 heavy (non-hydrogen) atoms. The topological polar surface area (TPSA) is 55.1 Å². The van der Waals surface area contributed by atoms with Crippen LogP contribution in [0, 0.1) is 11.2 Å². The van der Waals surface area contributed by atoms with E-state index in [-0.39, 0.29) is 22.6 Å². The van der Waals surface area contributed by atoms with Gasteiger partial charge in [0.1, 0.15) is 5.82 Å². The predicted molar refractivity (Wildman–Crippen MR) is 82.4 cm³/mol. The van der Waals surface area contributed by atoms with Crippen molar-refractivity contribution in [1.82, 2.24) is 5.32 Å². The number of nitrogens with two attached hydrogens (primary N) is 1. The summed E-state index contributed by atoms with van der Waals surface area (Å²) in [5, 5.41) is 2.99. The summed E-state index contributed by atoms with van der Waals surface area (Å²) in [6.07, 6.45) is 3.17. The SMILES string of the molecule is CC(C)(C)[C@H](N)C(=O)NCC1(c2ccc(F)cc2)CCC1. The molecular formula is C17H25FN2O. The van der Waals surface area contributed by atoms with Crippen LogP contribution in [0.25, 0.3) is 0 Å². The van der Waals surface area contributed by atoms with Gasteiger partial charge in [-0.2, -0.15) is 0 Å². The smallest absolute Gasteiger partial charge is 0.237 e. The lowest BCUT2D eigenvalue weighted by Crippen LogP contribution is -2.53. The highest BCUT2D eigenvalue weighted by Gasteiger charge is 2.39. The number of hydrogen-bond donors (Lipinski definition) is 2. The Balaban J connectivity index is 2.03. The number of nitrogens with one attached hydrogen (secondary N) is 1. The summed E-state index contributed by atoms with van der Waals surface area (Å²) < 4.78 is 13.1. The quantitative estimate of drug-likeness (QED) is 0.896. The van der Waals surface area contributed by atoms with Crippen LogP contribution in [0.15, 0.2) is 24.3 Å². The van der Waals surface area contributed by atoms with Crippen LogP contribution in [0.1, 0.15) is 45.6 Å². The molecule has 0 bridgehead atoms. The maximum Gasteiger partial charge on any atom is 0.237 e. The molecule has 0 aromatic heterocycles. The third-order valence-corrected chi connectivity index (χ3v) is 4.58. The second kappa shape index (κ2) is 5.76. The molecule has 0 unspecified atom stereocenters. The second-order valence-corrected chi connectivity index (χ2v) is 7.20. The number of amides is 1.